The molecule has 0 aliphatic carbocycles. The number of hydrogen-bond donors (Lipinski definition) is 19. The number of carboxylic acid groups (broad SMARTS) is 4. The summed E-state index contributed by atoms with van der Waals surface area (Å²) in [6.07, 6.45) is 1.44. The largest absolute Gasteiger partial charge is 0.480 e. The van der Waals surface area contributed by atoms with Crippen molar-refractivity contribution in [3.63, 3.8) is 0 Å². The first kappa shape index (κ1) is 111. The molecule has 0 radical (unpaired) electrons. The van der Waals surface area contributed by atoms with Gasteiger partial charge < -0.3 is 119 Å². The average molecular weight is 1940 g/mol. The minimum Gasteiger partial charge on any atom is -0.480 e. The third kappa shape index (κ3) is 48.5. The van der Waals surface area contributed by atoms with Gasteiger partial charge in [0.2, 0.25) is 17.7 Å². The van der Waals surface area contributed by atoms with Crippen LogP contribution in [0.4, 0.5) is 28.0 Å². The van der Waals surface area contributed by atoms with Crippen LogP contribution in [0, 0.1) is 15.2 Å². The lowest BCUT2D eigenvalue weighted by molar-refractivity contribution is -0.140. The lowest BCUT2D eigenvalue weighted by Crippen LogP contribution is -2.51. The summed E-state index contributed by atoms with van der Waals surface area (Å²) in [5, 5.41) is 72.3. The maximum absolute atomic E-state index is 14.5. The Balaban J connectivity index is 0.000000587. The van der Waals surface area contributed by atoms with Gasteiger partial charge in [0.25, 0.3) is 49.5 Å². The number of rotatable bonds is 54. The monoisotopic (exact) mass is 1940 g/mol. The van der Waals surface area contributed by atoms with Crippen molar-refractivity contribution in [3.05, 3.63) is 159 Å². The van der Waals surface area contributed by atoms with E-state index in [-0.39, 0.29) is 147 Å². The summed E-state index contributed by atoms with van der Waals surface area (Å²) < 4.78 is 47.2. The van der Waals surface area contributed by atoms with Gasteiger partial charge in [0, 0.05) is 64.1 Å². The minimum absolute atomic E-state index is 0.00774. The Hall–Kier alpha value is -13.8. The predicted octanol–water partition coefficient (Wildman–Crippen LogP) is 4.83. The SMILES string of the molecule is CCC[C@H](NC(=O)NC[C@@H](NC(=O)CCCNC(=O)c1ccc(-c2ccccc2)cc1F)OC=O)C(=O)O.CCC[C@H](NC(=O)NC[C@@H](NC(=O)CCCNC(=O)c1ccc(SC)cc1)OC=O)C(=O)O.CCC[C@H](NC(=O)NC[C@H](NC(=O)CCCNC(=O)c1ccc(F)cc1)OC=O)C(=O)O.CCC[C@H](NC(=O)NC[C@H](NC(=O)c1ccc(I)cc1)OC=O)C(=O)O. The first-order valence-electron chi connectivity index (χ1n) is 40.2. The van der Waals surface area contributed by atoms with Gasteiger partial charge >= 0.3 is 48.0 Å². The van der Waals surface area contributed by atoms with Crippen LogP contribution < -0.4 is 79.8 Å². The minimum atomic E-state index is -1.19. The molecular formula is C83H108F2IN15O27S. The number of ether oxygens (including phenoxy) is 4. The molecule has 704 valence electrons. The van der Waals surface area contributed by atoms with Crippen molar-refractivity contribution in [1.29, 1.82) is 0 Å². The van der Waals surface area contributed by atoms with Crippen LogP contribution in [0.3, 0.4) is 0 Å². The van der Waals surface area contributed by atoms with Gasteiger partial charge in [-0.15, -0.1) is 11.8 Å². The molecule has 19 N–H and O–H groups in total. The number of amides is 15. The van der Waals surface area contributed by atoms with E-state index in [1.165, 1.54) is 24.3 Å². The van der Waals surface area contributed by atoms with Crippen LogP contribution in [0.15, 0.2) is 126 Å². The number of nitrogens with one attached hydrogen (secondary N) is 15. The van der Waals surface area contributed by atoms with Gasteiger partial charge in [0.15, 0.2) is 24.9 Å². The molecule has 5 aromatic rings. The molecule has 8 atom stereocenters. The van der Waals surface area contributed by atoms with E-state index in [1.54, 1.807) is 81.9 Å². The zero-order chi connectivity index (χ0) is 96.0. The van der Waals surface area contributed by atoms with E-state index in [9.17, 15) is 99.9 Å². The van der Waals surface area contributed by atoms with Crippen molar-refractivity contribution in [3.8, 4) is 11.1 Å². The maximum atomic E-state index is 14.5. The van der Waals surface area contributed by atoms with Crippen molar-refractivity contribution in [1.82, 2.24) is 79.8 Å². The number of aliphatic carboxylic acids is 4. The molecule has 0 saturated carbocycles. The maximum Gasteiger partial charge on any atom is 0.326 e. The lowest BCUT2D eigenvalue weighted by atomic mass is 10.0. The molecule has 15 amide bonds. The molecule has 46 heteroatoms. The molecule has 5 aromatic carbocycles. The van der Waals surface area contributed by atoms with Crippen LogP contribution in [0.5, 0.6) is 0 Å². The molecule has 0 heterocycles. The Bertz CT molecular complexity index is 4440. The first-order chi connectivity index (χ1) is 61.7. The highest BCUT2D eigenvalue weighted by Gasteiger charge is 2.26. The second-order valence-electron chi connectivity index (χ2n) is 27.1. The van der Waals surface area contributed by atoms with Crippen LogP contribution >= 0.6 is 34.4 Å². The molecule has 0 saturated heterocycles. The van der Waals surface area contributed by atoms with Crippen molar-refractivity contribution in [2.24, 2.45) is 0 Å². The summed E-state index contributed by atoms with van der Waals surface area (Å²) in [5.74, 6) is -9.03. The fourth-order valence-corrected chi connectivity index (χ4v) is 11.4. The zero-order valence-electron chi connectivity index (χ0n) is 71.0. The lowest BCUT2D eigenvalue weighted by Gasteiger charge is -2.19. The van der Waals surface area contributed by atoms with Crippen LogP contribution in [0.1, 0.15) is 159 Å². The Morgan fingerprint density at radius 2 is 0.682 bits per heavy atom. The Morgan fingerprint density at radius 1 is 0.372 bits per heavy atom. The summed E-state index contributed by atoms with van der Waals surface area (Å²) in [7, 11) is 0. The van der Waals surface area contributed by atoms with Crippen LogP contribution in [0.2, 0.25) is 0 Å². The number of urea groups is 4. The van der Waals surface area contributed by atoms with Crippen molar-refractivity contribution < 1.29 is 139 Å². The van der Waals surface area contributed by atoms with Gasteiger partial charge in [0.05, 0.1) is 31.7 Å². The van der Waals surface area contributed by atoms with Crippen LogP contribution in [0.25, 0.3) is 11.1 Å². The molecule has 0 aromatic heterocycles. The van der Waals surface area contributed by atoms with E-state index in [2.05, 4.69) is 102 Å². The smallest absolute Gasteiger partial charge is 0.326 e. The number of carbonyl (C=O) groups is 19. The van der Waals surface area contributed by atoms with Gasteiger partial charge in [-0.1, -0.05) is 89.8 Å². The molecule has 0 spiro atoms. The van der Waals surface area contributed by atoms with Gasteiger partial charge in [-0.25, -0.2) is 47.1 Å². The van der Waals surface area contributed by atoms with Crippen molar-refractivity contribution >= 4 is 150 Å². The molecule has 0 aliphatic heterocycles. The molecule has 0 unspecified atom stereocenters. The van der Waals surface area contributed by atoms with Crippen LogP contribution in [-0.2, 0) is 71.7 Å². The highest BCUT2D eigenvalue weighted by molar-refractivity contribution is 14.1. The van der Waals surface area contributed by atoms with E-state index in [0.717, 1.165) is 26.2 Å². The summed E-state index contributed by atoms with van der Waals surface area (Å²) in [6.45, 7) is 7.07. The number of halogens is 3. The fourth-order valence-electron chi connectivity index (χ4n) is 10.7. The summed E-state index contributed by atoms with van der Waals surface area (Å²) in [6, 6.07) is 25.0. The number of hydrogen-bond acceptors (Lipinski definition) is 24. The summed E-state index contributed by atoms with van der Waals surface area (Å²) in [4.78, 5) is 220. The quantitative estimate of drug-likeness (QED) is 0.00619. The highest BCUT2D eigenvalue weighted by atomic mass is 127. The molecule has 5 rings (SSSR count). The van der Waals surface area contributed by atoms with E-state index in [0.29, 0.717) is 48.8 Å². The summed E-state index contributed by atoms with van der Waals surface area (Å²) in [5.41, 5.74) is 2.50. The van der Waals surface area contributed by atoms with Crippen molar-refractivity contribution in [2.75, 3.05) is 52.1 Å². The van der Waals surface area contributed by atoms with Gasteiger partial charge in [0.1, 0.15) is 35.8 Å². The van der Waals surface area contributed by atoms with Gasteiger partial charge in [-0.2, -0.15) is 0 Å². The third-order valence-corrected chi connectivity index (χ3v) is 18.6. The predicted molar refractivity (Wildman–Crippen MR) is 467 cm³/mol. The molecule has 42 nitrogen and oxygen atoms in total. The number of benzene rings is 5. The first-order valence-corrected chi connectivity index (χ1v) is 42.5. The number of carbonyl (C=O) groups excluding carboxylic acids is 15. The van der Waals surface area contributed by atoms with E-state index < -0.39 is 144 Å². The standard InChI is InChI=1S/C26H31FN4O7.C21H30N4O7S.C20H27FN4O7.C16H20IN3O6/c1-2-7-21(25(35)36)30-26(37)29-15-23(38-16-32)31-22(33)10-6-13-28-24(34)19-12-11-18(14-20(19)27)17-8-4-3-5-9-17;1-3-5-16(20(29)30)24-21(31)23-12-18(32-13-26)25-17(27)6-4-11-22-19(28)14-7-9-15(33-2)10-8-14;1-2-4-15(19(29)30)24-20(31)23-11-17(32-12-26)25-16(27)5-3-10-22-18(28)13-6-8-14(21)9-7-13;1-2-3-12(15(23)24)19-16(25)18-8-13(26-9-21)20-14(22)10-4-6-11(17)7-5-10/h3-5,8-9,11-12,14,16,21,23H,2,6-7,10,13,15H2,1H3,(H,28,34)(H,31,33)(H,35,36)(H2,29,30,37);7-10,13,16,18H,3-6,11-12H2,1-2H3,(H,22,28)(H,25,27)(H,29,30)(H2,23,24,31);6-9,12,15,17H,2-5,10-11H2,1H3,(H,22,28)(H,25,27)(H,29,30)(H2,23,24,31);4-7,9,12-13H,2-3,8H2,1H3,(H,20,22)(H,23,24)(H2,18,19,25)/t21-,23-;16-,18-;15-,17+;12-,13+/m0000/s1. The van der Waals surface area contributed by atoms with Gasteiger partial charge in [-0.3, -0.25) is 52.7 Å². The normalized spacial score (nSPS) is 12.1. The van der Waals surface area contributed by atoms with E-state index in [1.807, 2.05) is 48.7 Å². The molecule has 129 heavy (non-hydrogen) atoms. The van der Waals surface area contributed by atoms with Crippen molar-refractivity contribution in [2.45, 2.75) is 172 Å². The number of carboxylic acids is 4. The van der Waals surface area contributed by atoms with Crippen LogP contribution in [-0.4, -0.2) is 237 Å². The highest BCUT2D eigenvalue weighted by Crippen LogP contribution is 2.22. The molecular weight excluding hydrogens is 1840 g/mol. The second-order valence-corrected chi connectivity index (χ2v) is 29.2. The Kier molecular flexibility index (Phi) is 55.9. The fraction of sp³-hybridized carbons (Fsp3) is 0.410. The number of thioether (sulfide) groups is 1. The van der Waals surface area contributed by atoms with Gasteiger partial charge in [-0.05, 0) is 170 Å². The summed E-state index contributed by atoms with van der Waals surface area (Å²) >= 11 is 3.67. The van der Waals surface area contributed by atoms with E-state index in [4.69, 9.17) is 39.4 Å². The zero-order valence-corrected chi connectivity index (χ0v) is 74.0. The Morgan fingerprint density at radius 3 is 0.992 bits per heavy atom. The third-order valence-electron chi connectivity index (χ3n) is 17.1. The second kappa shape index (κ2) is 64.8. The Labute approximate surface area is 758 Å². The topological polar surface area (TPSA) is 623 Å². The molecule has 0 fully saturated rings. The molecule has 0 bridgehead atoms. The average Bonchev–Trinajstić information content (AvgIpc) is 0.829. The molecule has 0 aliphatic rings. The van der Waals surface area contributed by atoms with E-state index >= 15 is 0 Å².